The smallest absolute Gasteiger partial charge is 0.414 e. The fourth-order valence-corrected chi connectivity index (χ4v) is 3.61. The molecule has 1 atom stereocenters. The summed E-state index contributed by atoms with van der Waals surface area (Å²) in [5, 5.41) is 13.7. The average Bonchev–Trinajstić information content (AvgIpc) is 3.39. The van der Waals surface area contributed by atoms with Gasteiger partial charge >= 0.3 is 12.5 Å². The Bertz CT molecular complexity index is 1070. The van der Waals surface area contributed by atoms with Crippen molar-refractivity contribution in [3.05, 3.63) is 30.3 Å². The molecule has 13 nitrogen and oxygen atoms in total. The van der Waals surface area contributed by atoms with Crippen LogP contribution in [-0.4, -0.2) is 95.0 Å². The molecule has 35 heavy (non-hydrogen) atoms. The summed E-state index contributed by atoms with van der Waals surface area (Å²) in [6.07, 6.45) is -3.51. The van der Waals surface area contributed by atoms with E-state index in [1.54, 1.807) is 4.90 Å². The second-order valence-corrected chi connectivity index (χ2v) is 7.62. The summed E-state index contributed by atoms with van der Waals surface area (Å²) in [7, 11) is 0. The van der Waals surface area contributed by atoms with Gasteiger partial charge in [-0.1, -0.05) is 0 Å². The molecule has 3 heterocycles. The molecule has 2 saturated heterocycles. The molecule has 0 radical (unpaired) electrons. The van der Waals surface area contributed by atoms with Gasteiger partial charge in [-0.2, -0.15) is 8.78 Å². The number of hydrogen-bond donors (Lipinski definition) is 1. The number of halogens is 3. The Balaban J connectivity index is 1.35. The molecule has 0 spiro atoms. The highest BCUT2D eigenvalue weighted by Gasteiger charge is 2.33. The molecule has 4 rings (SSSR count). The molecule has 0 aliphatic carbocycles. The SMILES string of the molecule is O=C(NC[C@H]1CN(c2ccc(N3CCON(C(=O)Cn4cnnn4)CC3)c(F)c2)C(=O)O1)C(F)F. The van der Waals surface area contributed by atoms with Crippen LogP contribution in [0, 0.1) is 5.82 Å². The van der Waals surface area contributed by atoms with Crippen LogP contribution >= 0.6 is 0 Å². The number of carbonyl (C=O) groups excluding carboxylic acids is 3. The van der Waals surface area contributed by atoms with Gasteiger partial charge in [-0.3, -0.25) is 19.3 Å². The van der Waals surface area contributed by atoms with Crippen molar-refractivity contribution in [2.45, 2.75) is 19.1 Å². The topological polar surface area (TPSA) is 135 Å². The number of nitrogens with zero attached hydrogens (tertiary/aromatic N) is 7. The third-order valence-electron chi connectivity index (χ3n) is 5.31. The molecule has 2 aliphatic heterocycles. The van der Waals surface area contributed by atoms with Crippen LogP contribution in [0.3, 0.4) is 0 Å². The van der Waals surface area contributed by atoms with Crippen LogP contribution in [-0.2, 0) is 25.7 Å². The summed E-state index contributed by atoms with van der Waals surface area (Å²) in [6.45, 7) is 0.464. The van der Waals surface area contributed by atoms with Gasteiger partial charge in [0.15, 0.2) is 0 Å². The maximum Gasteiger partial charge on any atom is 0.414 e. The minimum Gasteiger partial charge on any atom is -0.442 e. The van der Waals surface area contributed by atoms with E-state index in [-0.39, 0.29) is 56.6 Å². The standard InChI is InChI=1S/C19H21F3N8O5/c20-14-7-12(29-9-13(35-19(29)33)8-23-18(32)17(21)22)1-2-15(14)27-3-4-30(34-6-5-27)16(31)10-28-11-24-25-26-28/h1-2,7,11,13,17H,3-6,8-10H2,(H,23,32)/t13-/m0/s1. The largest absolute Gasteiger partial charge is 0.442 e. The number of carbonyl (C=O) groups is 3. The Morgan fingerprint density at radius 1 is 1.23 bits per heavy atom. The zero-order valence-corrected chi connectivity index (χ0v) is 18.2. The maximum atomic E-state index is 15.0. The van der Waals surface area contributed by atoms with E-state index in [2.05, 4.69) is 15.5 Å². The summed E-state index contributed by atoms with van der Waals surface area (Å²) in [4.78, 5) is 43.9. The molecule has 0 unspecified atom stereocenters. The Kier molecular flexibility index (Phi) is 7.28. The molecule has 1 aromatic heterocycles. The van der Waals surface area contributed by atoms with Crippen molar-refractivity contribution in [2.24, 2.45) is 0 Å². The van der Waals surface area contributed by atoms with E-state index >= 15 is 0 Å². The van der Waals surface area contributed by atoms with Gasteiger partial charge in [-0.25, -0.2) is 18.9 Å². The fraction of sp³-hybridized carbons (Fsp3) is 0.474. The number of anilines is 2. The highest BCUT2D eigenvalue weighted by molar-refractivity contribution is 5.90. The van der Waals surface area contributed by atoms with Gasteiger partial charge in [-0.05, 0) is 28.6 Å². The molecule has 1 N–H and O–H groups in total. The van der Waals surface area contributed by atoms with E-state index in [0.29, 0.717) is 6.54 Å². The highest BCUT2D eigenvalue weighted by Crippen LogP contribution is 2.28. The molecule has 0 bridgehead atoms. The van der Waals surface area contributed by atoms with Crippen molar-refractivity contribution in [3.63, 3.8) is 0 Å². The van der Waals surface area contributed by atoms with Crippen LogP contribution in [0.2, 0.25) is 0 Å². The predicted octanol–water partition coefficient (Wildman–Crippen LogP) is -0.201. The van der Waals surface area contributed by atoms with Gasteiger partial charge in [0.1, 0.15) is 24.8 Å². The normalized spacial score (nSPS) is 18.6. The molecule has 188 valence electrons. The first-order chi connectivity index (χ1) is 16.8. The molecule has 2 aliphatic rings. The molecular weight excluding hydrogens is 477 g/mol. The van der Waals surface area contributed by atoms with Crippen LogP contribution in [0.4, 0.5) is 29.3 Å². The quantitative estimate of drug-likeness (QED) is 0.551. The number of nitrogens with one attached hydrogen (secondary N) is 1. The van der Waals surface area contributed by atoms with Crippen molar-refractivity contribution in [3.8, 4) is 0 Å². The molecule has 1 aromatic carbocycles. The first kappa shape index (κ1) is 24.2. The number of hydrogen-bond acceptors (Lipinski definition) is 9. The highest BCUT2D eigenvalue weighted by atomic mass is 19.3. The summed E-state index contributed by atoms with van der Waals surface area (Å²) in [5.41, 5.74) is 0.462. The Hall–Kier alpha value is -3.95. The molecule has 2 fully saturated rings. The second kappa shape index (κ2) is 10.5. The summed E-state index contributed by atoms with van der Waals surface area (Å²) in [5.74, 6) is -2.44. The maximum absolute atomic E-state index is 15.0. The summed E-state index contributed by atoms with van der Waals surface area (Å²) < 4.78 is 45.9. The van der Waals surface area contributed by atoms with Gasteiger partial charge in [-0.15, -0.1) is 5.10 Å². The lowest BCUT2D eigenvalue weighted by Crippen LogP contribution is -2.37. The number of ether oxygens (including phenoxy) is 1. The number of alkyl halides is 2. The number of tetrazole rings is 1. The van der Waals surface area contributed by atoms with Crippen molar-refractivity contribution >= 4 is 29.3 Å². The molecule has 3 amide bonds. The number of aromatic nitrogens is 4. The van der Waals surface area contributed by atoms with E-state index in [1.165, 1.54) is 28.2 Å². The van der Waals surface area contributed by atoms with Crippen molar-refractivity contribution in [2.75, 3.05) is 49.1 Å². The van der Waals surface area contributed by atoms with Crippen LogP contribution in [0.5, 0.6) is 0 Å². The van der Waals surface area contributed by atoms with Gasteiger partial charge in [0, 0.05) is 13.1 Å². The average molecular weight is 498 g/mol. The van der Waals surface area contributed by atoms with Crippen molar-refractivity contribution in [1.82, 2.24) is 30.6 Å². The third kappa shape index (κ3) is 5.76. The van der Waals surface area contributed by atoms with Gasteiger partial charge in [0.25, 0.3) is 11.8 Å². The lowest BCUT2D eigenvalue weighted by atomic mass is 10.2. The van der Waals surface area contributed by atoms with Gasteiger partial charge in [0.05, 0.1) is 37.6 Å². The Labute approximate surface area is 196 Å². The molecule has 16 heteroatoms. The number of rotatable bonds is 7. The monoisotopic (exact) mass is 498 g/mol. The number of hydroxylamine groups is 2. The van der Waals surface area contributed by atoms with Crippen LogP contribution in [0.1, 0.15) is 0 Å². The number of benzene rings is 1. The summed E-state index contributed by atoms with van der Waals surface area (Å²) >= 11 is 0. The van der Waals surface area contributed by atoms with Gasteiger partial charge in [0.2, 0.25) is 0 Å². The zero-order chi connectivity index (χ0) is 24.9. The first-order valence-electron chi connectivity index (χ1n) is 10.5. The lowest BCUT2D eigenvalue weighted by molar-refractivity contribution is -0.182. The summed E-state index contributed by atoms with van der Waals surface area (Å²) in [6, 6.07) is 4.16. The molecule has 0 saturated carbocycles. The van der Waals surface area contributed by atoms with Gasteiger partial charge < -0.3 is 15.0 Å². The minimum atomic E-state index is -3.18. The lowest BCUT2D eigenvalue weighted by Gasteiger charge is -2.24. The first-order valence-corrected chi connectivity index (χ1v) is 10.5. The van der Waals surface area contributed by atoms with E-state index < -0.39 is 30.3 Å². The van der Waals surface area contributed by atoms with E-state index in [4.69, 9.17) is 9.57 Å². The fourth-order valence-electron chi connectivity index (χ4n) is 3.61. The van der Waals surface area contributed by atoms with Crippen molar-refractivity contribution in [1.29, 1.82) is 0 Å². The van der Waals surface area contributed by atoms with E-state index in [0.717, 1.165) is 11.0 Å². The van der Waals surface area contributed by atoms with E-state index in [9.17, 15) is 27.6 Å². The number of cyclic esters (lactones) is 1. The molecule has 2 aromatic rings. The molecular formula is C19H21F3N8O5. The third-order valence-corrected chi connectivity index (χ3v) is 5.31. The predicted molar refractivity (Wildman–Crippen MR) is 111 cm³/mol. The Morgan fingerprint density at radius 3 is 2.77 bits per heavy atom. The minimum absolute atomic E-state index is 0.0446. The second-order valence-electron chi connectivity index (χ2n) is 7.62. The Morgan fingerprint density at radius 2 is 2.06 bits per heavy atom. The van der Waals surface area contributed by atoms with Crippen molar-refractivity contribution < 1.29 is 37.1 Å². The van der Waals surface area contributed by atoms with Crippen LogP contribution in [0.25, 0.3) is 0 Å². The number of amides is 3. The van der Waals surface area contributed by atoms with Crippen LogP contribution in [0.15, 0.2) is 24.5 Å². The van der Waals surface area contributed by atoms with Crippen LogP contribution < -0.4 is 15.1 Å². The zero-order valence-electron chi connectivity index (χ0n) is 18.2. The van der Waals surface area contributed by atoms with E-state index in [1.807, 2.05) is 5.32 Å².